The van der Waals surface area contributed by atoms with Gasteiger partial charge in [0.05, 0.1) is 0 Å². The third-order valence-corrected chi connectivity index (χ3v) is 0.506. The van der Waals surface area contributed by atoms with Crippen molar-refractivity contribution in [3.05, 3.63) is 0 Å². The Labute approximate surface area is 71.1 Å². The van der Waals surface area contributed by atoms with Crippen LogP contribution in [0.4, 0.5) is 9.18 Å². The van der Waals surface area contributed by atoms with Gasteiger partial charge in [0.1, 0.15) is 0 Å². The van der Waals surface area contributed by atoms with E-state index in [1.807, 2.05) is 0 Å². The van der Waals surface area contributed by atoms with Crippen LogP contribution in [0.1, 0.15) is 6.92 Å². The summed E-state index contributed by atoms with van der Waals surface area (Å²) in [5.74, 6) is -1.41. The van der Waals surface area contributed by atoms with E-state index >= 15 is 0 Å². The van der Waals surface area contributed by atoms with E-state index in [1.54, 1.807) is 6.92 Å². The van der Waals surface area contributed by atoms with Crippen molar-refractivity contribution in [3.8, 4) is 0 Å². The number of carbonyl (C=O) groups is 2. The first-order valence-electron chi connectivity index (χ1n) is 2.61. The van der Waals surface area contributed by atoms with Crippen molar-refractivity contribution >= 4 is 10.9 Å². The number of rotatable bonds is 2. The van der Waals surface area contributed by atoms with Crippen LogP contribution in [0.3, 0.4) is 0 Å². The molecule has 0 aliphatic heterocycles. The number of ether oxygens (including phenoxy) is 1. The van der Waals surface area contributed by atoms with E-state index in [2.05, 4.69) is 20.2 Å². The van der Waals surface area contributed by atoms with Crippen molar-refractivity contribution in [1.82, 2.24) is 0 Å². The molecule has 0 amide bonds. The second-order valence-corrected chi connectivity index (χ2v) is 1.58. The van der Waals surface area contributed by atoms with Crippen molar-refractivity contribution in [1.29, 1.82) is 0 Å². The van der Waals surface area contributed by atoms with Gasteiger partial charge in [-0.1, -0.05) is 0 Å². The van der Waals surface area contributed by atoms with Crippen LogP contribution in [0, 0.1) is 0 Å². The third-order valence-electron chi connectivity index (χ3n) is 0.363. The van der Waals surface area contributed by atoms with E-state index in [0.29, 0.717) is 6.61 Å². The number of carbonyl (C=O) groups excluding carboxylic acids is 1. The Morgan fingerprint density at radius 2 is 2.00 bits per heavy atom. The van der Waals surface area contributed by atoms with E-state index in [0.717, 1.165) is 0 Å². The Kier molecular flexibility index (Phi) is 11.1. The molecule has 6 heteroatoms. The second kappa shape index (κ2) is 9.36. The molecule has 0 aromatic rings. The van der Waals surface area contributed by atoms with Crippen LogP contribution in [0.2, 0.25) is 0 Å². The van der Waals surface area contributed by atoms with Gasteiger partial charge in [0.2, 0.25) is 0 Å². The average molecular weight is 210 g/mol. The van der Waals surface area contributed by atoms with E-state index in [9.17, 15) is 9.18 Å². The van der Waals surface area contributed by atoms with Crippen LogP contribution < -0.4 is 0 Å². The minimum absolute atomic E-state index is 0.388. The minimum Gasteiger partial charge on any atom is -0.479 e. The SMILES string of the molecule is CCO[C](=O)[Ni].O=C(O)CF. The zero-order valence-corrected chi connectivity index (χ0v) is 6.77. The number of hydrogen-bond acceptors (Lipinski definition) is 3. The van der Waals surface area contributed by atoms with Crippen LogP contribution in [0.25, 0.3) is 0 Å². The van der Waals surface area contributed by atoms with Gasteiger partial charge in [-0.25, -0.2) is 9.18 Å². The van der Waals surface area contributed by atoms with Crippen molar-refractivity contribution in [2.24, 2.45) is 0 Å². The van der Waals surface area contributed by atoms with Gasteiger partial charge in [-0.2, -0.15) is 0 Å². The van der Waals surface area contributed by atoms with Gasteiger partial charge < -0.3 is 5.11 Å². The molecule has 0 heterocycles. The molecular weight excluding hydrogens is 202 g/mol. The molecule has 0 radical (unpaired) electrons. The first-order valence-corrected chi connectivity index (χ1v) is 3.10. The molecule has 4 nitrogen and oxygen atoms in total. The molecule has 1 N–H and O–H groups in total. The summed E-state index contributed by atoms with van der Waals surface area (Å²) in [6.45, 7) is 0.829. The average Bonchev–Trinajstić information content (AvgIpc) is 1.89. The molecule has 0 aromatic heterocycles. The number of aliphatic carboxylic acids is 1. The van der Waals surface area contributed by atoms with Crippen molar-refractivity contribution in [2.75, 3.05) is 13.3 Å². The van der Waals surface area contributed by atoms with E-state index in [-0.39, 0.29) is 0 Å². The largest absolute Gasteiger partial charge is 0.479 e. The standard InChI is InChI=1S/C3H5O2.C2H3FO2.Ni/c1-2-5-3-4;3-1-2(4)5;/h2H2,1H3;1H2,(H,4,5);. The van der Waals surface area contributed by atoms with E-state index in [4.69, 9.17) is 9.90 Å². The molecule has 0 saturated heterocycles. The molecule has 0 aliphatic rings. The van der Waals surface area contributed by atoms with Crippen LogP contribution in [0.5, 0.6) is 0 Å². The Balaban J connectivity index is 0. The zero-order chi connectivity index (χ0) is 9.28. The second-order valence-electron chi connectivity index (χ2n) is 1.17. The molecular formula is C5H8FNiO4. The Bertz CT molecular complexity index is 128. The number of carboxylic acids is 1. The smallest absolute Gasteiger partial charge is 0.335 e. The maximum absolute atomic E-state index is 10.5. The predicted octanol–water partition coefficient (Wildman–Crippen LogP) is 0.730. The summed E-state index contributed by atoms with van der Waals surface area (Å²) < 4.78 is 14.8. The first-order chi connectivity index (χ1) is 5.04. The molecule has 0 bridgehead atoms. The van der Waals surface area contributed by atoms with Crippen molar-refractivity contribution in [3.63, 3.8) is 0 Å². The van der Waals surface area contributed by atoms with Gasteiger partial charge in [-0.05, 0) is 0 Å². The molecule has 0 unspecified atom stereocenters. The molecule has 0 aromatic carbocycles. The minimum atomic E-state index is -1.41. The summed E-state index contributed by atoms with van der Waals surface area (Å²) in [5.41, 5.74) is 0. The van der Waals surface area contributed by atoms with Crippen LogP contribution >= 0.6 is 0 Å². The van der Waals surface area contributed by atoms with Gasteiger partial charge >= 0.3 is 49.4 Å². The summed E-state index contributed by atoms with van der Waals surface area (Å²) in [6.07, 6.45) is 0. The normalized spacial score (nSPS) is 7.64. The fourth-order valence-corrected chi connectivity index (χ4v) is 0.247. The maximum atomic E-state index is 10.5. The van der Waals surface area contributed by atoms with E-state index in [1.165, 1.54) is 0 Å². The molecule has 0 spiro atoms. The van der Waals surface area contributed by atoms with Gasteiger partial charge in [-0.3, -0.25) is 0 Å². The molecule has 0 saturated carbocycles. The Morgan fingerprint density at radius 1 is 1.64 bits per heavy atom. The van der Waals surface area contributed by atoms with Gasteiger partial charge in [0, 0.05) is 0 Å². The Hall–Kier alpha value is -0.636. The molecule has 0 fully saturated rings. The monoisotopic (exact) mass is 209 g/mol. The molecule has 11 heavy (non-hydrogen) atoms. The topological polar surface area (TPSA) is 63.6 Å². The predicted molar refractivity (Wildman–Crippen MR) is 30.6 cm³/mol. The van der Waals surface area contributed by atoms with Gasteiger partial charge in [-0.15, -0.1) is 0 Å². The van der Waals surface area contributed by atoms with E-state index < -0.39 is 17.6 Å². The summed E-state index contributed by atoms with van der Waals surface area (Å²) in [7, 11) is 0. The fraction of sp³-hybridized carbons (Fsp3) is 0.600. The number of alkyl halides is 1. The molecule has 0 rings (SSSR count). The number of halogens is 1. The maximum Gasteiger partial charge on any atom is 0.335 e. The van der Waals surface area contributed by atoms with Crippen LogP contribution in [0.15, 0.2) is 0 Å². The summed E-state index contributed by atoms with van der Waals surface area (Å²) in [6, 6.07) is 0. The Morgan fingerprint density at radius 3 is 2.00 bits per heavy atom. The fourth-order valence-electron chi connectivity index (χ4n) is 0.105. The quantitative estimate of drug-likeness (QED) is 0.682. The van der Waals surface area contributed by atoms with Gasteiger partial charge in [0.15, 0.2) is 6.67 Å². The number of hydrogen-bond donors (Lipinski definition) is 1. The summed E-state index contributed by atoms with van der Waals surface area (Å²) >= 11 is 3.75. The third kappa shape index (κ3) is 26.7. The number of carboxylic acid groups (broad SMARTS) is 1. The molecule has 0 atom stereocenters. The van der Waals surface area contributed by atoms with Crippen LogP contribution in [-0.2, 0) is 25.0 Å². The zero-order valence-electron chi connectivity index (χ0n) is 5.78. The van der Waals surface area contributed by atoms with Crippen molar-refractivity contribution in [2.45, 2.75) is 6.92 Å². The molecule has 69 valence electrons. The first kappa shape index (κ1) is 13.0. The van der Waals surface area contributed by atoms with Gasteiger partial charge in [0.25, 0.3) is 0 Å². The summed E-state index contributed by atoms with van der Waals surface area (Å²) in [4.78, 5) is 18.1. The molecule has 0 aliphatic carbocycles. The van der Waals surface area contributed by atoms with Crippen LogP contribution in [-0.4, -0.2) is 29.3 Å². The van der Waals surface area contributed by atoms with Crippen molar-refractivity contribution < 1.29 is 39.3 Å². The summed E-state index contributed by atoms with van der Waals surface area (Å²) in [5, 5.41) is 7.35.